The van der Waals surface area contributed by atoms with Gasteiger partial charge in [0.15, 0.2) is 0 Å². The Labute approximate surface area is 149 Å². The molecule has 8 heteroatoms. The molecule has 0 spiro atoms. The molecule has 4 rings (SSSR count). The number of nitrogens with zero attached hydrogens (tertiary/aromatic N) is 2. The molecule has 0 radical (unpaired) electrons. The molecule has 2 aromatic carbocycles. The van der Waals surface area contributed by atoms with Crippen LogP contribution in [0.15, 0.2) is 40.9 Å². The fourth-order valence-electron chi connectivity index (χ4n) is 3.32. The summed E-state index contributed by atoms with van der Waals surface area (Å²) in [5.74, 6) is -0.0355. The molecular weight excluding hydrogens is 401 g/mol. The molecule has 130 valence electrons. The number of aromatic nitrogens is 2. The van der Waals surface area contributed by atoms with E-state index >= 15 is 0 Å². The van der Waals surface area contributed by atoms with Gasteiger partial charge >= 0.3 is 6.61 Å². The second kappa shape index (κ2) is 6.03. The van der Waals surface area contributed by atoms with Crippen molar-refractivity contribution in [3.05, 3.63) is 58.1 Å². The van der Waals surface area contributed by atoms with Gasteiger partial charge in [-0.1, -0.05) is 18.2 Å². The lowest BCUT2D eigenvalue weighted by atomic mass is 10.0. The Balaban J connectivity index is 1.90. The van der Waals surface area contributed by atoms with Gasteiger partial charge < -0.3 is 14.4 Å². The standard InChI is InChI=1S/C17H12BrF3N2O2/c18-9-5-13-11(6-10(9)19)22-16-14(24)7-12(23(13)16)8-3-1-2-4-15(8)25-17(20)21/h1-6,12,14,17,24H,7H2/t12-,14-/m0/s1. The highest BCUT2D eigenvalue weighted by Gasteiger charge is 2.35. The fraction of sp³-hybridized carbons (Fsp3) is 0.235. The van der Waals surface area contributed by atoms with Crippen LogP contribution in [0.5, 0.6) is 5.75 Å². The highest BCUT2D eigenvalue weighted by Crippen LogP contribution is 2.44. The lowest BCUT2D eigenvalue weighted by molar-refractivity contribution is -0.0507. The molecule has 0 fully saturated rings. The minimum atomic E-state index is -2.95. The second-order valence-corrected chi connectivity index (χ2v) is 6.63. The zero-order valence-corrected chi connectivity index (χ0v) is 14.3. The number of alkyl halides is 2. The Morgan fingerprint density at radius 3 is 2.80 bits per heavy atom. The number of aliphatic hydroxyl groups excluding tert-OH is 1. The Kier molecular flexibility index (Phi) is 3.96. The van der Waals surface area contributed by atoms with E-state index < -0.39 is 24.6 Å². The lowest BCUT2D eigenvalue weighted by Gasteiger charge is -2.18. The van der Waals surface area contributed by atoms with Crippen molar-refractivity contribution in [3.63, 3.8) is 0 Å². The molecule has 1 aromatic heterocycles. The van der Waals surface area contributed by atoms with Crippen LogP contribution >= 0.6 is 15.9 Å². The van der Waals surface area contributed by atoms with Crippen molar-refractivity contribution < 1.29 is 23.0 Å². The van der Waals surface area contributed by atoms with Gasteiger partial charge in [0.2, 0.25) is 0 Å². The first-order valence-electron chi connectivity index (χ1n) is 7.54. The van der Waals surface area contributed by atoms with E-state index in [1.807, 2.05) is 0 Å². The molecule has 4 nitrogen and oxygen atoms in total. The maximum absolute atomic E-state index is 13.8. The molecule has 0 bridgehead atoms. The van der Waals surface area contributed by atoms with Crippen LogP contribution in [0.25, 0.3) is 11.0 Å². The molecule has 3 aromatic rings. The van der Waals surface area contributed by atoms with Crippen LogP contribution in [-0.4, -0.2) is 21.3 Å². The molecule has 1 N–H and O–H groups in total. The molecule has 2 heterocycles. The molecule has 2 atom stereocenters. The first-order chi connectivity index (χ1) is 12.0. The number of rotatable bonds is 3. The highest BCUT2D eigenvalue weighted by atomic mass is 79.9. The topological polar surface area (TPSA) is 47.3 Å². The van der Waals surface area contributed by atoms with Crippen LogP contribution in [0.1, 0.15) is 30.0 Å². The SMILES string of the molecule is O[C@H]1C[C@@H](c2ccccc2OC(F)F)n2c1nc1cc(F)c(Br)cc12. The average Bonchev–Trinajstić information content (AvgIpc) is 3.06. The number of imidazole rings is 1. The van der Waals surface area contributed by atoms with Crippen molar-refractivity contribution in [3.8, 4) is 5.75 Å². The molecule has 0 unspecified atom stereocenters. The number of hydrogen-bond acceptors (Lipinski definition) is 3. The van der Waals surface area contributed by atoms with Gasteiger partial charge in [0.1, 0.15) is 23.5 Å². The van der Waals surface area contributed by atoms with Crippen molar-refractivity contribution in [2.45, 2.75) is 25.2 Å². The van der Waals surface area contributed by atoms with Gasteiger partial charge in [0.25, 0.3) is 0 Å². The van der Waals surface area contributed by atoms with Crippen molar-refractivity contribution in [1.29, 1.82) is 0 Å². The zero-order valence-electron chi connectivity index (χ0n) is 12.7. The van der Waals surface area contributed by atoms with Gasteiger partial charge in [0, 0.05) is 18.1 Å². The molecule has 0 amide bonds. The number of benzene rings is 2. The summed E-state index contributed by atoms with van der Waals surface area (Å²) in [4.78, 5) is 4.31. The van der Waals surface area contributed by atoms with Crippen LogP contribution in [0.2, 0.25) is 0 Å². The first kappa shape index (κ1) is 16.4. The van der Waals surface area contributed by atoms with Crippen LogP contribution in [0.3, 0.4) is 0 Å². The quantitative estimate of drug-likeness (QED) is 0.685. The second-order valence-electron chi connectivity index (χ2n) is 5.78. The minimum absolute atomic E-state index is 0.0468. The van der Waals surface area contributed by atoms with E-state index in [4.69, 9.17) is 0 Å². The van der Waals surface area contributed by atoms with E-state index in [2.05, 4.69) is 25.7 Å². The summed E-state index contributed by atoms with van der Waals surface area (Å²) in [5.41, 5.74) is 1.52. The maximum atomic E-state index is 13.8. The minimum Gasteiger partial charge on any atom is -0.434 e. The maximum Gasteiger partial charge on any atom is 0.387 e. The smallest absolute Gasteiger partial charge is 0.387 e. The van der Waals surface area contributed by atoms with Gasteiger partial charge in [-0.2, -0.15) is 8.78 Å². The Morgan fingerprint density at radius 2 is 2.04 bits per heavy atom. The summed E-state index contributed by atoms with van der Waals surface area (Å²) in [7, 11) is 0. The number of halogens is 4. The van der Waals surface area contributed by atoms with Gasteiger partial charge in [-0.25, -0.2) is 9.37 Å². The predicted molar refractivity (Wildman–Crippen MR) is 88.2 cm³/mol. The summed E-state index contributed by atoms with van der Waals surface area (Å²) < 4.78 is 45.8. The summed E-state index contributed by atoms with van der Waals surface area (Å²) in [6.45, 7) is -2.95. The molecule has 0 saturated carbocycles. The molecule has 0 saturated heterocycles. The monoisotopic (exact) mass is 412 g/mol. The summed E-state index contributed by atoms with van der Waals surface area (Å²) in [6, 6.07) is 8.86. The molecule has 1 aliphatic rings. The van der Waals surface area contributed by atoms with Crippen molar-refractivity contribution in [2.75, 3.05) is 0 Å². The van der Waals surface area contributed by atoms with Crippen molar-refractivity contribution in [2.24, 2.45) is 0 Å². The van der Waals surface area contributed by atoms with Gasteiger partial charge in [0.05, 0.1) is 21.5 Å². The van der Waals surface area contributed by atoms with Crippen LogP contribution in [0.4, 0.5) is 13.2 Å². The highest BCUT2D eigenvalue weighted by molar-refractivity contribution is 9.10. The van der Waals surface area contributed by atoms with Gasteiger partial charge in [-0.05, 0) is 28.1 Å². The molecule has 0 aliphatic carbocycles. The Morgan fingerprint density at radius 1 is 1.28 bits per heavy atom. The van der Waals surface area contributed by atoms with Crippen LogP contribution in [0, 0.1) is 5.82 Å². The fourth-order valence-corrected chi connectivity index (χ4v) is 3.65. The summed E-state index contributed by atoms with van der Waals surface area (Å²) in [5, 5.41) is 10.3. The number of para-hydroxylation sites is 1. The number of aliphatic hydroxyl groups is 1. The Hall–Kier alpha value is -2.06. The average molecular weight is 413 g/mol. The van der Waals surface area contributed by atoms with E-state index in [1.165, 1.54) is 12.1 Å². The van der Waals surface area contributed by atoms with E-state index in [1.54, 1.807) is 28.8 Å². The molecule has 25 heavy (non-hydrogen) atoms. The number of ether oxygens (including phenoxy) is 1. The third-order valence-electron chi connectivity index (χ3n) is 4.31. The van der Waals surface area contributed by atoms with E-state index in [0.29, 0.717) is 22.4 Å². The van der Waals surface area contributed by atoms with E-state index in [0.717, 1.165) is 0 Å². The third-order valence-corrected chi connectivity index (χ3v) is 4.92. The predicted octanol–water partition coefficient (Wildman–Crippen LogP) is 4.57. The van der Waals surface area contributed by atoms with Crippen molar-refractivity contribution in [1.82, 2.24) is 9.55 Å². The summed E-state index contributed by atoms with van der Waals surface area (Å²) >= 11 is 3.15. The first-order valence-corrected chi connectivity index (χ1v) is 8.33. The van der Waals surface area contributed by atoms with E-state index in [9.17, 15) is 18.3 Å². The molecule has 1 aliphatic heterocycles. The third kappa shape index (κ3) is 2.69. The van der Waals surface area contributed by atoms with Crippen LogP contribution in [-0.2, 0) is 0 Å². The summed E-state index contributed by atoms with van der Waals surface area (Å²) in [6.07, 6.45) is -0.601. The van der Waals surface area contributed by atoms with Crippen molar-refractivity contribution >= 4 is 27.0 Å². The lowest BCUT2D eigenvalue weighted by Crippen LogP contribution is -2.10. The zero-order chi connectivity index (χ0) is 17.7. The van der Waals surface area contributed by atoms with Gasteiger partial charge in [-0.15, -0.1) is 0 Å². The number of hydrogen-bond donors (Lipinski definition) is 1. The normalized spacial score (nSPS) is 19.6. The largest absolute Gasteiger partial charge is 0.434 e. The van der Waals surface area contributed by atoms with E-state index in [-0.39, 0.29) is 16.6 Å². The molecular formula is C17H12BrF3N2O2. The Bertz CT molecular complexity index is 960. The number of fused-ring (bicyclic) bond motifs is 3. The van der Waals surface area contributed by atoms with Crippen LogP contribution < -0.4 is 4.74 Å². The van der Waals surface area contributed by atoms with Gasteiger partial charge in [-0.3, -0.25) is 0 Å².